The maximum Gasteiger partial charge on any atom is 1.00 e. The van der Waals surface area contributed by atoms with Crippen molar-refractivity contribution in [2.45, 2.75) is 6.92 Å². The van der Waals surface area contributed by atoms with Crippen LogP contribution in [0.15, 0.2) is 24.3 Å². The minimum absolute atomic E-state index is 0. The second-order valence-electron chi connectivity index (χ2n) is 1.58. The normalized spacial score (nSPS) is 7.62. The van der Waals surface area contributed by atoms with Gasteiger partial charge in [0.1, 0.15) is 0 Å². The summed E-state index contributed by atoms with van der Waals surface area (Å²) in [5.74, 6) is 0. The fraction of sp³-hybridized carbons (Fsp3) is 0.143. The SMILES string of the molecule is Cc1cc[c-]cc1.[Li+]. The number of hydrogen-bond acceptors (Lipinski definition) is 0. The van der Waals surface area contributed by atoms with E-state index in [-0.39, 0.29) is 18.9 Å². The van der Waals surface area contributed by atoms with Crippen LogP contribution in [-0.2, 0) is 0 Å². The first-order valence-electron chi connectivity index (χ1n) is 2.32. The van der Waals surface area contributed by atoms with Crippen LogP contribution < -0.4 is 18.9 Å². The summed E-state index contributed by atoms with van der Waals surface area (Å²) in [6.45, 7) is 2.06. The smallest absolute Gasteiger partial charge is 0.184 e. The van der Waals surface area contributed by atoms with Gasteiger partial charge in [-0.3, -0.25) is 0 Å². The van der Waals surface area contributed by atoms with Crippen LogP contribution >= 0.6 is 0 Å². The largest absolute Gasteiger partial charge is 1.00 e. The zero-order valence-electron chi connectivity index (χ0n) is 5.31. The van der Waals surface area contributed by atoms with E-state index in [1.807, 2.05) is 24.3 Å². The van der Waals surface area contributed by atoms with Crippen LogP contribution in [0.5, 0.6) is 0 Å². The van der Waals surface area contributed by atoms with E-state index in [1.54, 1.807) is 0 Å². The molecule has 1 aromatic rings. The second-order valence-corrected chi connectivity index (χ2v) is 1.58. The molecule has 0 aliphatic carbocycles. The first-order chi connectivity index (χ1) is 3.39. The molecule has 1 rings (SSSR count). The topological polar surface area (TPSA) is 0 Å². The quantitative estimate of drug-likeness (QED) is 0.282. The molecule has 36 valence electrons. The molecule has 0 saturated carbocycles. The van der Waals surface area contributed by atoms with Gasteiger partial charge in [0, 0.05) is 0 Å². The molecule has 0 aromatic heterocycles. The van der Waals surface area contributed by atoms with Crippen molar-refractivity contribution in [2.24, 2.45) is 0 Å². The van der Waals surface area contributed by atoms with Gasteiger partial charge in [-0.05, 0) is 0 Å². The van der Waals surface area contributed by atoms with Gasteiger partial charge in [-0.15, -0.1) is 0 Å². The molecule has 0 nitrogen and oxygen atoms in total. The van der Waals surface area contributed by atoms with Crippen molar-refractivity contribution in [2.75, 3.05) is 0 Å². The summed E-state index contributed by atoms with van der Waals surface area (Å²) in [6, 6.07) is 10.8. The Morgan fingerprint density at radius 2 is 1.75 bits per heavy atom. The molecule has 0 heterocycles. The van der Waals surface area contributed by atoms with E-state index in [2.05, 4.69) is 13.0 Å². The van der Waals surface area contributed by atoms with Crippen molar-refractivity contribution in [1.82, 2.24) is 0 Å². The molecule has 0 amide bonds. The number of hydrogen-bond donors (Lipinski definition) is 0. The molecule has 8 heavy (non-hydrogen) atoms. The van der Waals surface area contributed by atoms with Gasteiger partial charge in [-0.1, -0.05) is 6.92 Å². The van der Waals surface area contributed by atoms with Gasteiger partial charge in [0.25, 0.3) is 0 Å². The summed E-state index contributed by atoms with van der Waals surface area (Å²) in [7, 11) is 0. The van der Waals surface area contributed by atoms with Gasteiger partial charge < -0.3 is 0 Å². The molecule has 0 N–H and O–H groups in total. The molecule has 0 atom stereocenters. The Balaban J connectivity index is 0.000000490. The minimum Gasteiger partial charge on any atom is -0.184 e. The van der Waals surface area contributed by atoms with Crippen molar-refractivity contribution in [3.8, 4) is 0 Å². The number of aryl methyl sites for hydroxylation is 1. The van der Waals surface area contributed by atoms with Gasteiger partial charge in [0.15, 0.2) is 0 Å². The average Bonchev–Trinajstić information content (AvgIpc) is 1.69. The average molecular weight is 98.1 g/mol. The summed E-state index contributed by atoms with van der Waals surface area (Å²) in [4.78, 5) is 0. The number of rotatable bonds is 0. The van der Waals surface area contributed by atoms with Crippen LogP contribution in [0.3, 0.4) is 0 Å². The predicted molar refractivity (Wildman–Crippen MR) is 30.0 cm³/mol. The molecule has 1 aromatic carbocycles. The molecular weight excluding hydrogens is 91.0 g/mol. The Morgan fingerprint density at radius 3 is 2.00 bits per heavy atom. The van der Waals surface area contributed by atoms with E-state index < -0.39 is 0 Å². The third-order valence-electron chi connectivity index (χ3n) is 0.885. The zero-order valence-corrected chi connectivity index (χ0v) is 5.31. The fourth-order valence-electron chi connectivity index (χ4n) is 0.470. The maximum atomic E-state index is 2.93. The van der Waals surface area contributed by atoms with Crippen LogP contribution in [0.4, 0.5) is 0 Å². The van der Waals surface area contributed by atoms with Crippen LogP contribution in [0.1, 0.15) is 5.56 Å². The van der Waals surface area contributed by atoms with Crippen molar-refractivity contribution < 1.29 is 18.9 Å². The summed E-state index contributed by atoms with van der Waals surface area (Å²) < 4.78 is 0. The molecule has 0 aliphatic rings. The van der Waals surface area contributed by atoms with E-state index in [4.69, 9.17) is 0 Å². The Morgan fingerprint density at radius 1 is 1.25 bits per heavy atom. The molecule has 0 radical (unpaired) electrons. The Bertz CT molecular complexity index is 134. The molecule has 0 bridgehead atoms. The fourth-order valence-corrected chi connectivity index (χ4v) is 0.470. The second kappa shape index (κ2) is 3.78. The van der Waals surface area contributed by atoms with Crippen molar-refractivity contribution in [3.05, 3.63) is 35.9 Å². The van der Waals surface area contributed by atoms with Crippen LogP contribution in [0.25, 0.3) is 0 Å². The Labute approximate surface area is 62.1 Å². The van der Waals surface area contributed by atoms with Gasteiger partial charge >= 0.3 is 18.9 Å². The molecule has 0 fully saturated rings. The van der Waals surface area contributed by atoms with Crippen LogP contribution in [0.2, 0.25) is 0 Å². The van der Waals surface area contributed by atoms with E-state index in [0.29, 0.717) is 0 Å². The first-order valence-corrected chi connectivity index (χ1v) is 2.32. The van der Waals surface area contributed by atoms with E-state index in [1.165, 1.54) is 5.56 Å². The zero-order chi connectivity index (χ0) is 5.11. The third kappa shape index (κ3) is 2.21. The van der Waals surface area contributed by atoms with Gasteiger partial charge in [0.05, 0.1) is 0 Å². The summed E-state index contributed by atoms with van der Waals surface area (Å²) >= 11 is 0. The molecule has 0 saturated heterocycles. The van der Waals surface area contributed by atoms with E-state index >= 15 is 0 Å². The first kappa shape index (κ1) is 7.82. The van der Waals surface area contributed by atoms with Crippen molar-refractivity contribution in [3.63, 3.8) is 0 Å². The van der Waals surface area contributed by atoms with Crippen molar-refractivity contribution in [1.29, 1.82) is 0 Å². The Hall–Kier alpha value is -0.183. The van der Waals surface area contributed by atoms with Gasteiger partial charge in [-0.2, -0.15) is 35.9 Å². The summed E-state index contributed by atoms with van der Waals surface area (Å²) in [5.41, 5.74) is 1.29. The van der Waals surface area contributed by atoms with Gasteiger partial charge in [-0.25, -0.2) is 0 Å². The van der Waals surface area contributed by atoms with Crippen LogP contribution in [0, 0.1) is 13.0 Å². The minimum atomic E-state index is 0. The van der Waals surface area contributed by atoms with Gasteiger partial charge in [0.2, 0.25) is 0 Å². The molecule has 0 aliphatic heterocycles. The maximum absolute atomic E-state index is 2.93. The van der Waals surface area contributed by atoms with E-state index in [0.717, 1.165) is 0 Å². The summed E-state index contributed by atoms with van der Waals surface area (Å²) in [6.07, 6.45) is 0. The molecule has 0 spiro atoms. The standard InChI is InChI=1S/C7H7.Li/c1-7-5-3-2-4-6-7;/h3-6H,1H3;/q-1;+1. The monoisotopic (exact) mass is 98.1 g/mol. The molecule has 0 unspecified atom stereocenters. The summed E-state index contributed by atoms with van der Waals surface area (Å²) in [5, 5.41) is 0. The predicted octanol–water partition coefficient (Wildman–Crippen LogP) is -1.20. The third-order valence-corrected chi connectivity index (χ3v) is 0.885. The number of benzene rings is 1. The van der Waals surface area contributed by atoms with E-state index in [9.17, 15) is 0 Å². The molecule has 1 heteroatoms. The van der Waals surface area contributed by atoms with Crippen LogP contribution in [-0.4, -0.2) is 0 Å². The Kier molecular flexibility index (Phi) is 3.69. The van der Waals surface area contributed by atoms with Crippen molar-refractivity contribution >= 4 is 0 Å². The molecular formula is C7H7Li.